The van der Waals surface area contributed by atoms with Crippen LogP contribution in [0.25, 0.3) is 0 Å². The van der Waals surface area contributed by atoms with Gasteiger partial charge in [-0.1, -0.05) is 43.7 Å². The van der Waals surface area contributed by atoms with Crippen LogP contribution in [0.3, 0.4) is 0 Å². The number of aryl methyl sites for hydroxylation is 2. The van der Waals surface area contributed by atoms with Gasteiger partial charge in [0.1, 0.15) is 17.8 Å². The molecule has 0 bridgehead atoms. The molecule has 0 spiro atoms. The Morgan fingerprint density at radius 2 is 1.94 bits per heavy atom. The first kappa shape index (κ1) is 24.7. The predicted octanol–water partition coefficient (Wildman–Crippen LogP) is 2.96. The highest BCUT2D eigenvalue weighted by atomic mass is 16.5. The van der Waals surface area contributed by atoms with Crippen molar-refractivity contribution in [2.75, 3.05) is 13.2 Å². The maximum atomic E-state index is 14.0. The van der Waals surface area contributed by atoms with Crippen molar-refractivity contribution in [1.82, 2.24) is 25.2 Å². The standard InChI is InChI=1S/C27H37N5O4/c1-15-10-16(2)23-19(11-15)20(8-9-36-23)28-25(34)22-12-18(33)13-31(22)26(35)24(27(3,4)5)32-14-21(29-30-32)17-6-7-17/h10-11,14,17-18,20,22,24,33H,6-9,12-13H2,1-5H3,(H,28,34)/t18-,20+,22+,24-/m1/s1. The first-order valence-corrected chi connectivity index (χ1v) is 13.0. The van der Waals surface area contributed by atoms with Crippen molar-refractivity contribution < 1.29 is 19.4 Å². The van der Waals surface area contributed by atoms with E-state index < -0.39 is 23.6 Å². The highest BCUT2D eigenvalue weighted by Gasteiger charge is 2.46. The average molecular weight is 496 g/mol. The van der Waals surface area contributed by atoms with Crippen LogP contribution in [0.5, 0.6) is 5.75 Å². The molecule has 1 aromatic carbocycles. The molecule has 1 aliphatic carbocycles. The van der Waals surface area contributed by atoms with Crippen LogP contribution in [0, 0.1) is 19.3 Å². The minimum absolute atomic E-state index is 0.121. The second-order valence-electron chi connectivity index (χ2n) is 11.8. The Kier molecular flexibility index (Phi) is 6.31. The minimum Gasteiger partial charge on any atom is -0.493 e. The molecule has 2 fully saturated rings. The topological polar surface area (TPSA) is 110 Å². The number of β-amino-alcohol motifs (C(OH)–C–C–N with tert-alkyl or cyclic N) is 1. The molecule has 2 aromatic rings. The van der Waals surface area contributed by atoms with Gasteiger partial charge in [0.15, 0.2) is 0 Å². The number of hydrogen-bond donors (Lipinski definition) is 2. The quantitative estimate of drug-likeness (QED) is 0.660. The first-order chi connectivity index (χ1) is 17.0. The van der Waals surface area contributed by atoms with Gasteiger partial charge in [-0.25, -0.2) is 4.68 Å². The van der Waals surface area contributed by atoms with Crippen LogP contribution in [0.4, 0.5) is 0 Å². The van der Waals surface area contributed by atoms with Crippen LogP contribution in [-0.2, 0) is 9.59 Å². The lowest BCUT2D eigenvalue weighted by Gasteiger charge is -2.35. The number of ether oxygens (including phenoxy) is 1. The highest BCUT2D eigenvalue weighted by Crippen LogP contribution is 2.41. The van der Waals surface area contributed by atoms with Gasteiger partial charge in [-0.2, -0.15) is 0 Å². The van der Waals surface area contributed by atoms with Crippen molar-refractivity contribution in [2.24, 2.45) is 5.41 Å². The molecule has 5 rings (SSSR count). The maximum absolute atomic E-state index is 14.0. The fourth-order valence-corrected chi connectivity index (χ4v) is 5.62. The zero-order chi connectivity index (χ0) is 25.8. The number of fused-ring (bicyclic) bond motifs is 1. The number of aliphatic hydroxyl groups excluding tert-OH is 1. The summed E-state index contributed by atoms with van der Waals surface area (Å²) in [5.41, 5.74) is 3.57. The van der Waals surface area contributed by atoms with Crippen molar-refractivity contribution in [2.45, 2.75) is 90.4 Å². The van der Waals surface area contributed by atoms with E-state index in [1.807, 2.05) is 40.8 Å². The van der Waals surface area contributed by atoms with E-state index in [0.29, 0.717) is 18.9 Å². The molecule has 2 aliphatic heterocycles. The maximum Gasteiger partial charge on any atom is 0.248 e. The molecule has 9 heteroatoms. The fraction of sp³-hybridized carbons (Fsp3) is 0.630. The summed E-state index contributed by atoms with van der Waals surface area (Å²) in [5.74, 6) is 0.783. The van der Waals surface area contributed by atoms with Crippen LogP contribution < -0.4 is 10.1 Å². The lowest BCUT2D eigenvalue weighted by Crippen LogP contribution is -2.51. The third-order valence-electron chi connectivity index (χ3n) is 7.50. The Bertz CT molecular complexity index is 1170. The second kappa shape index (κ2) is 9.18. The summed E-state index contributed by atoms with van der Waals surface area (Å²) in [6.07, 6.45) is 4.18. The highest BCUT2D eigenvalue weighted by molar-refractivity contribution is 5.90. The van der Waals surface area contributed by atoms with Crippen LogP contribution >= 0.6 is 0 Å². The van der Waals surface area contributed by atoms with Gasteiger partial charge < -0.3 is 20.1 Å². The van der Waals surface area contributed by atoms with Crippen LogP contribution in [0.1, 0.15) is 86.8 Å². The summed E-state index contributed by atoms with van der Waals surface area (Å²) in [4.78, 5) is 29.1. The summed E-state index contributed by atoms with van der Waals surface area (Å²) in [6.45, 7) is 10.6. The predicted molar refractivity (Wildman–Crippen MR) is 134 cm³/mol. The number of likely N-dealkylation sites (tertiary alicyclic amines) is 1. The number of hydrogen-bond acceptors (Lipinski definition) is 6. The van der Waals surface area contributed by atoms with Crippen molar-refractivity contribution in [3.05, 3.63) is 40.7 Å². The van der Waals surface area contributed by atoms with Gasteiger partial charge in [0, 0.05) is 37.1 Å². The largest absolute Gasteiger partial charge is 0.493 e. The molecule has 4 atom stereocenters. The van der Waals surface area contributed by atoms with Crippen LogP contribution in [0.15, 0.2) is 18.3 Å². The summed E-state index contributed by atoms with van der Waals surface area (Å²) >= 11 is 0. The number of aliphatic hydroxyl groups is 1. The van der Waals surface area contributed by atoms with Crippen molar-refractivity contribution in [3.63, 3.8) is 0 Å². The number of rotatable bonds is 5. The summed E-state index contributed by atoms with van der Waals surface area (Å²) < 4.78 is 7.54. The molecule has 36 heavy (non-hydrogen) atoms. The fourth-order valence-electron chi connectivity index (χ4n) is 5.62. The number of carbonyl (C=O) groups excluding carboxylic acids is 2. The number of aromatic nitrogens is 3. The molecular weight excluding hydrogens is 458 g/mol. The van der Waals surface area contributed by atoms with Crippen LogP contribution in [-0.4, -0.2) is 62.1 Å². The van der Waals surface area contributed by atoms with E-state index in [-0.39, 0.29) is 30.8 Å². The molecule has 3 heterocycles. The SMILES string of the molecule is Cc1cc(C)c2c(c1)[C@@H](NC(=O)[C@@H]1C[C@@H](O)CN1C(=O)[C@@H](n1cc(C3CC3)nn1)C(C)(C)C)CCO2. The van der Waals surface area contributed by atoms with E-state index in [9.17, 15) is 14.7 Å². The monoisotopic (exact) mass is 495 g/mol. The van der Waals surface area contributed by atoms with Gasteiger partial charge in [0.05, 0.1) is 24.4 Å². The van der Waals surface area contributed by atoms with Gasteiger partial charge >= 0.3 is 0 Å². The molecule has 1 saturated heterocycles. The molecule has 9 nitrogen and oxygen atoms in total. The Labute approximate surface area is 212 Å². The Hall–Kier alpha value is -2.94. The number of benzene rings is 1. The Morgan fingerprint density at radius 1 is 1.19 bits per heavy atom. The smallest absolute Gasteiger partial charge is 0.248 e. The number of amides is 2. The van der Waals surface area contributed by atoms with E-state index in [4.69, 9.17) is 4.74 Å². The average Bonchev–Trinajstić information content (AvgIpc) is 3.40. The Morgan fingerprint density at radius 3 is 2.64 bits per heavy atom. The molecule has 0 radical (unpaired) electrons. The molecule has 1 aromatic heterocycles. The van der Waals surface area contributed by atoms with E-state index >= 15 is 0 Å². The molecule has 2 N–H and O–H groups in total. The van der Waals surface area contributed by atoms with Crippen molar-refractivity contribution in [3.8, 4) is 5.75 Å². The number of nitrogens with zero attached hydrogens (tertiary/aromatic N) is 4. The third-order valence-corrected chi connectivity index (χ3v) is 7.50. The lowest BCUT2D eigenvalue weighted by atomic mass is 9.85. The first-order valence-electron chi connectivity index (χ1n) is 13.0. The summed E-state index contributed by atoms with van der Waals surface area (Å²) in [7, 11) is 0. The van der Waals surface area contributed by atoms with Crippen molar-refractivity contribution in [1.29, 1.82) is 0 Å². The zero-order valence-electron chi connectivity index (χ0n) is 21.8. The van der Waals surface area contributed by atoms with Crippen molar-refractivity contribution >= 4 is 11.8 Å². The Balaban J connectivity index is 1.38. The third kappa shape index (κ3) is 4.73. The summed E-state index contributed by atoms with van der Waals surface area (Å²) in [6, 6.07) is 2.54. The second-order valence-corrected chi connectivity index (χ2v) is 11.8. The van der Waals surface area contributed by atoms with Gasteiger partial charge in [-0.15, -0.1) is 5.10 Å². The molecular formula is C27H37N5O4. The molecule has 0 unspecified atom stereocenters. The van der Waals surface area contributed by atoms with Gasteiger partial charge in [-0.3, -0.25) is 9.59 Å². The van der Waals surface area contributed by atoms with Gasteiger partial charge in [0.25, 0.3) is 0 Å². The van der Waals surface area contributed by atoms with E-state index in [1.54, 1.807) is 4.68 Å². The molecule has 3 aliphatic rings. The number of nitrogens with one attached hydrogen (secondary N) is 1. The van der Waals surface area contributed by atoms with Gasteiger partial charge in [0.2, 0.25) is 11.8 Å². The van der Waals surface area contributed by atoms with Gasteiger partial charge in [-0.05, 0) is 37.7 Å². The zero-order valence-corrected chi connectivity index (χ0v) is 21.8. The van der Waals surface area contributed by atoms with E-state index in [0.717, 1.165) is 41.0 Å². The molecule has 1 saturated carbocycles. The van der Waals surface area contributed by atoms with E-state index in [1.165, 1.54) is 4.90 Å². The lowest BCUT2D eigenvalue weighted by molar-refractivity contribution is -0.144. The minimum atomic E-state index is -0.755. The normalized spacial score (nSPS) is 24.7. The van der Waals surface area contributed by atoms with Crippen LogP contribution in [0.2, 0.25) is 0 Å². The molecule has 194 valence electrons. The number of carbonyl (C=O) groups is 2. The molecule has 2 amide bonds. The van der Waals surface area contributed by atoms with E-state index in [2.05, 4.69) is 27.8 Å². The summed E-state index contributed by atoms with van der Waals surface area (Å²) in [5, 5.41) is 22.3.